The summed E-state index contributed by atoms with van der Waals surface area (Å²) in [6.07, 6.45) is -6.01. The van der Waals surface area contributed by atoms with Gasteiger partial charge in [-0.2, -0.15) is 13.2 Å². The van der Waals surface area contributed by atoms with Gasteiger partial charge in [-0.15, -0.1) is 0 Å². The highest BCUT2D eigenvalue weighted by atomic mass is 32.2. The number of carbonyl (C=O) groups is 1. The molecule has 8 heteroatoms. The number of rotatable bonds is 6. The molecular weight excluding hydrogens is 273 g/mol. The Hall–Kier alpha value is -0.790. The molecule has 0 atom stereocenters. The minimum absolute atomic E-state index is 0.497. The van der Waals surface area contributed by atoms with Crippen LogP contribution in [-0.2, 0) is 19.4 Å². The molecule has 108 valence electrons. The first kappa shape index (κ1) is 17.2. The highest BCUT2D eigenvalue weighted by molar-refractivity contribution is 7.91. The van der Waals surface area contributed by atoms with Gasteiger partial charge in [-0.25, -0.2) is 8.42 Å². The fourth-order valence-corrected chi connectivity index (χ4v) is 3.40. The van der Waals surface area contributed by atoms with Crippen molar-refractivity contribution in [2.45, 2.75) is 32.9 Å². The molecular formula is C10H17F3O4S. The second kappa shape index (κ2) is 5.90. The molecule has 0 rings (SSSR count). The highest BCUT2D eigenvalue weighted by Crippen LogP contribution is 2.24. The number of ether oxygens (including phenoxy) is 1. The SMILES string of the molecule is COC(=O)C(C)(C)CS(=O)(=O)CCCC(F)(F)F. The van der Waals surface area contributed by atoms with Gasteiger partial charge in [0.05, 0.1) is 24.0 Å². The number of hydrogen-bond donors (Lipinski definition) is 0. The van der Waals surface area contributed by atoms with Gasteiger partial charge >= 0.3 is 12.1 Å². The van der Waals surface area contributed by atoms with Crippen molar-refractivity contribution < 1.29 is 31.1 Å². The van der Waals surface area contributed by atoms with Crippen molar-refractivity contribution in [3.63, 3.8) is 0 Å². The Morgan fingerprint density at radius 3 is 2.11 bits per heavy atom. The van der Waals surface area contributed by atoms with E-state index in [1.807, 2.05) is 0 Å². The smallest absolute Gasteiger partial charge is 0.389 e. The van der Waals surface area contributed by atoms with E-state index in [4.69, 9.17) is 0 Å². The van der Waals surface area contributed by atoms with E-state index in [1.54, 1.807) is 0 Å². The van der Waals surface area contributed by atoms with Crippen LogP contribution in [0.25, 0.3) is 0 Å². The zero-order valence-corrected chi connectivity index (χ0v) is 11.3. The van der Waals surface area contributed by atoms with Crippen LogP contribution in [0.5, 0.6) is 0 Å². The zero-order valence-electron chi connectivity index (χ0n) is 10.5. The predicted molar refractivity (Wildman–Crippen MR) is 59.7 cm³/mol. The Balaban J connectivity index is 4.45. The van der Waals surface area contributed by atoms with Gasteiger partial charge in [-0.05, 0) is 20.3 Å². The summed E-state index contributed by atoms with van der Waals surface area (Å²) in [5.74, 6) is -1.82. The van der Waals surface area contributed by atoms with Crippen molar-refractivity contribution in [2.75, 3.05) is 18.6 Å². The first-order valence-corrected chi connectivity index (χ1v) is 7.07. The summed E-state index contributed by atoms with van der Waals surface area (Å²) in [4.78, 5) is 11.3. The van der Waals surface area contributed by atoms with E-state index >= 15 is 0 Å². The van der Waals surface area contributed by atoms with Crippen LogP contribution in [0.2, 0.25) is 0 Å². The summed E-state index contributed by atoms with van der Waals surface area (Å²) in [6, 6.07) is 0. The third kappa shape index (κ3) is 6.83. The summed E-state index contributed by atoms with van der Waals surface area (Å²) < 4.78 is 63.2. The van der Waals surface area contributed by atoms with Gasteiger partial charge in [-0.1, -0.05) is 0 Å². The van der Waals surface area contributed by atoms with Gasteiger partial charge in [0.2, 0.25) is 0 Å². The number of halogens is 3. The molecule has 18 heavy (non-hydrogen) atoms. The van der Waals surface area contributed by atoms with Gasteiger partial charge in [-0.3, -0.25) is 4.79 Å². The van der Waals surface area contributed by atoms with E-state index in [-0.39, 0.29) is 0 Å². The Morgan fingerprint density at radius 2 is 1.72 bits per heavy atom. The topological polar surface area (TPSA) is 60.4 Å². The molecule has 0 aliphatic carbocycles. The minimum Gasteiger partial charge on any atom is -0.469 e. The van der Waals surface area contributed by atoms with Gasteiger partial charge in [0.1, 0.15) is 0 Å². The molecule has 0 heterocycles. The van der Waals surface area contributed by atoms with Crippen molar-refractivity contribution in [1.82, 2.24) is 0 Å². The normalized spacial score (nSPS) is 13.4. The quantitative estimate of drug-likeness (QED) is 0.701. The molecule has 0 N–H and O–H groups in total. The van der Waals surface area contributed by atoms with Gasteiger partial charge in [0, 0.05) is 6.42 Å². The van der Waals surface area contributed by atoms with Crippen LogP contribution in [-0.4, -0.2) is 39.2 Å². The largest absolute Gasteiger partial charge is 0.469 e. The molecule has 0 aliphatic rings. The first-order chi connectivity index (χ1) is 7.90. The second-order valence-electron chi connectivity index (χ2n) is 4.69. The first-order valence-electron chi connectivity index (χ1n) is 5.25. The summed E-state index contributed by atoms with van der Waals surface area (Å²) in [5, 5.41) is 0. The summed E-state index contributed by atoms with van der Waals surface area (Å²) in [6.45, 7) is 2.75. The fourth-order valence-electron chi connectivity index (χ4n) is 1.45. The number of hydrogen-bond acceptors (Lipinski definition) is 4. The third-order valence-electron chi connectivity index (χ3n) is 2.23. The number of esters is 1. The molecule has 0 aromatic heterocycles. The van der Waals surface area contributed by atoms with E-state index in [2.05, 4.69) is 4.74 Å². The van der Waals surface area contributed by atoms with Crippen LogP contribution in [0, 0.1) is 5.41 Å². The monoisotopic (exact) mass is 290 g/mol. The highest BCUT2D eigenvalue weighted by Gasteiger charge is 2.35. The van der Waals surface area contributed by atoms with E-state index in [0.717, 1.165) is 7.11 Å². The van der Waals surface area contributed by atoms with Gasteiger partial charge in [0.15, 0.2) is 9.84 Å². The molecule has 0 amide bonds. The molecule has 0 aromatic carbocycles. The number of sulfone groups is 1. The van der Waals surface area contributed by atoms with Crippen LogP contribution in [0.15, 0.2) is 0 Å². The Morgan fingerprint density at radius 1 is 1.22 bits per heavy atom. The summed E-state index contributed by atoms with van der Waals surface area (Å²) in [5.41, 5.74) is -1.26. The van der Waals surface area contributed by atoms with E-state index in [1.165, 1.54) is 13.8 Å². The lowest BCUT2D eigenvalue weighted by Gasteiger charge is -2.21. The van der Waals surface area contributed by atoms with Gasteiger partial charge in [0.25, 0.3) is 0 Å². The van der Waals surface area contributed by atoms with E-state index in [9.17, 15) is 26.4 Å². The van der Waals surface area contributed by atoms with Crippen LogP contribution in [0.3, 0.4) is 0 Å². The lowest BCUT2D eigenvalue weighted by atomic mass is 9.97. The fraction of sp³-hybridized carbons (Fsp3) is 0.900. The molecule has 0 spiro atoms. The molecule has 0 aromatic rings. The van der Waals surface area contributed by atoms with Crippen LogP contribution < -0.4 is 0 Å². The van der Waals surface area contributed by atoms with Gasteiger partial charge < -0.3 is 4.74 Å². The van der Waals surface area contributed by atoms with Crippen molar-refractivity contribution in [2.24, 2.45) is 5.41 Å². The van der Waals surface area contributed by atoms with Crippen molar-refractivity contribution in [1.29, 1.82) is 0 Å². The maximum Gasteiger partial charge on any atom is 0.389 e. The second-order valence-corrected chi connectivity index (χ2v) is 6.87. The van der Waals surface area contributed by atoms with E-state index in [0.29, 0.717) is 0 Å². The molecule has 0 saturated carbocycles. The Kier molecular flexibility index (Phi) is 5.64. The summed E-state index contributed by atoms with van der Waals surface area (Å²) in [7, 11) is -2.59. The lowest BCUT2D eigenvalue weighted by Crippen LogP contribution is -2.34. The maximum atomic E-state index is 11.9. The summed E-state index contributed by atoms with van der Waals surface area (Å²) >= 11 is 0. The Labute approximate surface area is 104 Å². The van der Waals surface area contributed by atoms with Crippen molar-refractivity contribution in [3.8, 4) is 0 Å². The van der Waals surface area contributed by atoms with Crippen LogP contribution >= 0.6 is 0 Å². The average Bonchev–Trinajstić information content (AvgIpc) is 2.11. The number of alkyl halides is 3. The van der Waals surface area contributed by atoms with Crippen molar-refractivity contribution in [3.05, 3.63) is 0 Å². The molecule has 4 nitrogen and oxygen atoms in total. The number of carbonyl (C=O) groups excluding carboxylic acids is 1. The Bertz CT molecular complexity index is 384. The van der Waals surface area contributed by atoms with Crippen LogP contribution in [0.4, 0.5) is 13.2 Å². The van der Waals surface area contributed by atoms with Crippen LogP contribution in [0.1, 0.15) is 26.7 Å². The standard InChI is InChI=1S/C10H17F3O4S/c1-9(2,8(14)17-3)7-18(15,16)6-4-5-10(11,12)13/h4-7H2,1-3H3. The van der Waals surface area contributed by atoms with E-state index < -0.39 is 51.7 Å². The lowest BCUT2D eigenvalue weighted by molar-refractivity contribution is -0.149. The molecule has 0 bridgehead atoms. The zero-order chi connectivity index (χ0) is 14.6. The number of methoxy groups -OCH3 is 1. The average molecular weight is 290 g/mol. The molecule has 0 saturated heterocycles. The molecule has 0 radical (unpaired) electrons. The predicted octanol–water partition coefficient (Wildman–Crippen LogP) is 1.94. The molecule has 0 unspecified atom stereocenters. The maximum absolute atomic E-state index is 11.9. The molecule has 0 aliphatic heterocycles. The minimum atomic E-state index is -4.37. The third-order valence-corrected chi connectivity index (χ3v) is 4.31. The molecule has 0 fully saturated rings. The van der Waals surface area contributed by atoms with Crippen molar-refractivity contribution >= 4 is 15.8 Å².